The van der Waals surface area contributed by atoms with Crippen molar-refractivity contribution in [1.82, 2.24) is 9.88 Å². The maximum atomic E-state index is 12.5. The molecule has 0 unspecified atom stereocenters. The lowest BCUT2D eigenvalue weighted by atomic mass is 10.0. The molecule has 4 rings (SSSR count). The highest BCUT2D eigenvalue weighted by Crippen LogP contribution is 2.28. The van der Waals surface area contributed by atoms with Crippen molar-refractivity contribution in [3.8, 4) is 0 Å². The van der Waals surface area contributed by atoms with Crippen LogP contribution in [0.1, 0.15) is 36.9 Å². The molecule has 0 radical (unpaired) electrons. The summed E-state index contributed by atoms with van der Waals surface area (Å²) in [6, 6.07) is 15.8. The number of thiazole rings is 1. The highest BCUT2D eigenvalue weighted by atomic mass is 35.5. The first-order valence-electron chi connectivity index (χ1n) is 8.78. The molecule has 28 heavy (non-hydrogen) atoms. The molecule has 0 atom stereocenters. The van der Waals surface area contributed by atoms with Crippen LogP contribution >= 0.6 is 23.7 Å². The Labute approximate surface area is 173 Å². The average molecular weight is 414 g/mol. The summed E-state index contributed by atoms with van der Waals surface area (Å²) in [6.07, 6.45) is 0.911. The number of nitrogens with zero attached hydrogens (tertiary/aromatic N) is 2. The van der Waals surface area contributed by atoms with Crippen molar-refractivity contribution in [2.45, 2.75) is 13.0 Å². The van der Waals surface area contributed by atoms with Crippen LogP contribution in [0.3, 0.4) is 0 Å². The van der Waals surface area contributed by atoms with Gasteiger partial charge in [0.1, 0.15) is 0 Å². The van der Waals surface area contributed by atoms with Crippen LogP contribution in [0.4, 0.5) is 5.13 Å². The fourth-order valence-corrected chi connectivity index (χ4v) is 4.16. The second kappa shape index (κ2) is 8.65. The van der Waals surface area contributed by atoms with Gasteiger partial charge in [0.05, 0.1) is 5.69 Å². The second-order valence-corrected chi connectivity index (χ2v) is 7.69. The predicted molar refractivity (Wildman–Crippen MR) is 114 cm³/mol. The quantitative estimate of drug-likeness (QED) is 0.656. The zero-order valence-corrected chi connectivity index (χ0v) is 17.0. The van der Waals surface area contributed by atoms with Gasteiger partial charge in [-0.05, 0) is 19.2 Å². The van der Waals surface area contributed by atoms with Gasteiger partial charge in [-0.1, -0.05) is 42.5 Å². The molecule has 1 aliphatic heterocycles. The van der Waals surface area contributed by atoms with Gasteiger partial charge in [-0.3, -0.25) is 14.9 Å². The van der Waals surface area contributed by atoms with E-state index >= 15 is 0 Å². The summed E-state index contributed by atoms with van der Waals surface area (Å²) in [5.74, 6) is -0.271. The summed E-state index contributed by atoms with van der Waals surface area (Å²) >= 11 is 1.53. The summed E-state index contributed by atoms with van der Waals surface area (Å²) < 4.78 is 0. The highest BCUT2D eigenvalue weighted by Gasteiger charge is 2.19. The van der Waals surface area contributed by atoms with Crippen LogP contribution in [0.25, 0.3) is 0 Å². The number of hydrogen-bond acceptors (Lipinski definition) is 5. The SMILES string of the molecule is CN1CCc2nc(NC(=O)c3ccc(C(=O)c4ccccc4)cc3)sc2C1.Cl. The lowest BCUT2D eigenvalue weighted by molar-refractivity contribution is 0.102. The molecule has 2 aromatic carbocycles. The monoisotopic (exact) mass is 413 g/mol. The van der Waals surface area contributed by atoms with Gasteiger partial charge in [-0.15, -0.1) is 23.7 Å². The minimum Gasteiger partial charge on any atom is -0.301 e. The summed E-state index contributed by atoms with van der Waals surface area (Å²) in [5.41, 5.74) is 2.78. The molecule has 0 saturated carbocycles. The summed E-state index contributed by atoms with van der Waals surface area (Å²) in [5, 5.41) is 3.51. The van der Waals surface area contributed by atoms with Crippen LogP contribution in [0, 0.1) is 0 Å². The Kier molecular flexibility index (Phi) is 6.24. The van der Waals surface area contributed by atoms with Crippen LogP contribution in [-0.4, -0.2) is 35.2 Å². The van der Waals surface area contributed by atoms with Crippen molar-refractivity contribution in [3.05, 3.63) is 81.9 Å². The van der Waals surface area contributed by atoms with E-state index in [1.54, 1.807) is 36.4 Å². The molecule has 0 spiro atoms. The molecule has 3 aromatic rings. The number of benzene rings is 2. The predicted octanol–water partition coefficient (Wildman–Crippen LogP) is 4.04. The molecule has 0 aliphatic carbocycles. The standard InChI is InChI=1S/C21H19N3O2S.ClH/c1-24-12-11-17-18(13-24)27-21(22-17)23-20(26)16-9-7-15(8-10-16)19(25)14-5-3-2-4-6-14;/h2-10H,11-13H2,1H3,(H,22,23,26);1H. The largest absolute Gasteiger partial charge is 0.301 e. The van der Waals surface area contributed by atoms with Gasteiger partial charge >= 0.3 is 0 Å². The third kappa shape index (κ3) is 4.30. The van der Waals surface area contributed by atoms with E-state index in [0.717, 1.165) is 25.2 Å². The molecule has 0 saturated heterocycles. The third-order valence-electron chi connectivity index (χ3n) is 4.59. The molecule has 1 aliphatic rings. The van der Waals surface area contributed by atoms with E-state index in [1.807, 2.05) is 18.2 Å². The van der Waals surface area contributed by atoms with E-state index in [2.05, 4.69) is 22.2 Å². The van der Waals surface area contributed by atoms with Gasteiger partial charge in [0.15, 0.2) is 10.9 Å². The Morgan fingerprint density at radius 3 is 2.36 bits per heavy atom. The zero-order chi connectivity index (χ0) is 18.8. The first kappa shape index (κ1) is 20.2. The molecule has 1 N–H and O–H groups in total. The maximum absolute atomic E-state index is 12.5. The number of hydrogen-bond donors (Lipinski definition) is 1. The molecule has 0 fully saturated rings. The van der Waals surface area contributed by atoms with Crippen LogP contribution < -0.4 is 5.32 Å². The molecule has 1 amide bonds. The minimum atomic E-state index is -0.215. The molecule has 5 nitrogen and oxygen atoms in total. The van der Waals surface area contributed by atoms with Gasteiger partial charge in [0.2, 0.25) is 0 Å². The summed E-state index contributed by atoms with van der Waals surface area (Å²) in [4.78, 5) is 32.9. The first-order chi connectivity index (χ1) is 13.1. The fraction of sp³-hybridized carbons (Fsp3) is 0.190. The number of fused-ring (bicyclic) bond motifs is 1. The number of carbonyl (C=O) groups is 2. The number of ketones is 1. The molecular formula is C21H20ClN3O2S. The minimum absolute atomic E-state index is 0. The molecule has 1 aromatic heterocycles. The van der Waals surface area contributed by atoms with E-state index in [4.69, 9.17) is 0 Å². The average Bonchev–Trinajstić information content (AvgIpc) is 3.09. The van der Waals surface area contributed by atoms with E-state index in [1.165, 1.54) is 16.2 Å². The van der Waals surface area contributed by atoms with E-state index < -0.39 is 0 Å². The number of likely N-dealkylation sites (N-methyl/N-ethyl adjacent to an activating group) is 1. The molecule has 7 heteroatoms. The van der Waals surface area contributed by atoms with E-state index in [-0.39, 0.29) is 24.1 Å². The number of aromatic nitrogens is 1. The van der Waals surface area contributed by atoms with Gasteiger partial charge in [-0.2, -0.15) is 0 Å². The number of carbonyl (C=O) groups excluding carboxylic acids is 2. The molecule has 2 heterocycles. The highest BCUT2D eigenvalue weighted by molar-refractivity contribution is 7.15. The lowest BCUT2D eigenvalue weighted by Gasteiger charge is -2.20. The number of nitrogens with one attached hydrogen (secondary N) is 1. The smallest absolute Gasteiger partial charge is 0.257 e. The van der Waals surface area contributed by atoms with Crippen molar-refractivity contribution < 1.29 is 9.59 Å². The molecular weight excluding hydrogens is 394 g/mol. The fourth-order valence-electron chi connectivity index (χ4n) is 3.08. The van der Waals surface area contributed by atoms with Gasteiger partial charge in [0, 0.05) is 41.1 Å². The van der Waals surface area contributed by atoms with Crippen LogP contribution in [0.5, 0.6) is 0 Å². The maximum Gasteiger partial charge on any atom is 0.257 e. The van der Waals surface area contributed by atoms with Gasteiger partial charge in [-0.25, -0.2) is 4.98 Å². The Balaban J connectivity index is 0.00000225. The van der Waals surface area contributed by atoms with Crippen LogP contribution in [0.15, 0.2) is 54.6 Å². The zero-order valence-electron chi connectivity index (χ0n) is 15.3. The normalized spacial score (nSPS) is 13.3. The number of halogens is 1. The van der Waals surface area contributed by atoms with E-state index in [9.17, 15) is 9.59 Å². The molecule has 0 bridgehead atoms. The number of amides is 1. The summed E-state index contributed by atoms with van der Waals surface area (Å²) in [6.45, 7) is 1.86. The number of rotatable bonds is 4. The number of anilines is 1. The van der Waals surface area contributed by atoms with Crippen LogP contribution in [-0.2, 0) is 13.0 Å². The molecule has 144 valence electrons. The Hall–Kier alpha value is -2.54. The third-order valence-corrected chi connectivity index (χ3v) is 5.59. The van der Waals surface area contributed by atoms with Crippen LogP contribution in [0.2, 0.25) is 0 Å². The Morgan fingerprint density at radius 1 is 1.00 bits per heavy atom. The second-order valence-electron chi connectivity index (χ2n) is 6.60. The lowest BCUT2D eigenvalue weighted by Crippen LogP contribution is -2.25. The Bertz CT molecular complexity index is 987. The van der Waals surface area contributed by atoms with Gasteiger partial charge < -0.3 is 4.90 Å². The van der Waals surface area contributed by atoms with Crippen molar-refractivity contribution in [2.75, 3.05) is 18.9 Å². The topological polar surface area (TPSA) is 62.3 Å². The van der Waals surface area contributed by atoms with Crippen molar-refractivity contribution in [3.63, 3.8) is 0 Å². The van der Waals surface area contributed by atoms with E-state index in [0.29, 0.717) is 21.8 Å². The van der Waals surface area contributed by atoms with Crippen molar-refractivity contribution in [2.24, 2.45) is 0 Å². The van der Waals surface area contributed by atoms with Crippen molar-refractivity contribution in [1.29, 1.82) is 0 Å². The van der Waals surface area contributed by atoms with Crippen molar-refractivity contribution >= 4 is 40.6 Å². The Morgan fingerprint density at radius 2 is 1.64 bits per heavy atom. The summed E-state index contributed by atoms with van der Waals surface area (Å²) in [7, 11) is 2.08. The van der Waals surface area contributed by atoms with Gasteiger partial charge in [0.25, 0.3) is 5.91 Å². The first-order valence-corrected chi connectivity index (χ1v) is 9.60.